The number of aliphatic carboxylic acids is 1. The normalized spacial score (nSPS) is 14.6. The van der Waals surface area contributed by atoms with Crippen LogP contribution in [0.1, 0.15) is 31.0 Å². The fraction of sp³-hybridized carbons (Fsp3) is 0.485. The third-order valence-corrected chi connectivity index (χ3v) is 8.35. The number of nitrogens with one attached hydrogen (secondary N) is 7. The average molecular weight is 807 g/mol. The Hall–Kier alpha value is -5.78. The number of carboxylic acid groups (broad SMARTS) is 1. The summed E-state index contributed by atoms with van der Waals surface area (Å²) in [6.07, 6.45) is 1.28. The van der Waals surface area contributed by atoms with Crippen molar-refractivity contribution in [1.82, 2.24) is 41.9 Å². The summed E-state index contributed by atoms with van der Waals surface area (Å²) in [6.45, 7) is -0.228. The Balaban J connectivity index is 2.36. The van der Waals surface area contributed by atoms with Gasteiger partial charge in [-0.3, -0.25) is 33.8 Å². The molecular formula is C33H50N12O10S. The standard InChI is InChI=1S/C33H50N12O10S/c1-17(47)26(34)31(53)45-23(14-46)30(52)43-21(10-18-6-3-2-4-7-18)29(51)42-20(8-5-9-38-33(35)36)28(50)44-22(11-19-12-37-16-40-19)27(49)39-13-25(48)41-24(15-56)32(54)55/h2-4,6-7,12,16-17,20-24,26,46-47,56H,5,8-11,13-15,34H2,1H3,(H,37,40)(H,39,49)(H,41,48)(H,42,51)(H,43,52)(H,44,50)(H,45,53)(H,54,55)(H4,35,36,38)/t17-,20+,21+,22+,23+,24+,26+/m1/s1. The molecule has 0 spiro atoms. The Morgan fingerprint density at radius 1 is 0.839 bits per heavy atom. The van der Waals surface area contributed by atoms with Gasteiger partial charge in [-0.05, 0) is 25.3 Å². The second-order valence-corrected chi connectivity index (χ2v) is 12.8. The molecule has 1 aromatic carbocycles. The number of nitrogens with two attached hydrogens (primary N) is 3. The summed E-state index contributed by atoms with van der Waals surface area (Å²) in [5, 5.41) is 43.2. The van der Waals surface area contributed by atoms with E-state index in [1.807, 2.05) is 0 Å². The third-order valence-electron chi connectivity index (χ3n) is 7.98. The molecule has 0 aliphatic carbocycles. The summed E-state index contributed by atoms with van der Waals surface area (Å²) < 4.78 is 0. The van der Waals surface area contributed by atoms with Gasteiger partial charge in [0.15, 0.2) is 5.96 Å². The number of aliphatic hydroxyl groups is 2. The number of nitrogens with zero attached hydrogens (tertiary/aromatic N) is 2. The molecule has 308 valence electrons. The Morgan fingerprint density at radius 2 is 1.43 bits per heavy atom. The number of rotatable bonds is 24. The maximum Gasteiger partial charge on any atom is 0.327 e. The molecule has 2 rings (SSSR count). The molecule has 1 aromatic heterocycles. The van der Waals surface area contributed by atoms with E-state index in [2.05, 4.69) is 59.5 Å². The summed E-state index contributed by atoms with van der Waals surface area (Å²) in [7, 11) is 0. The number of thiol groups is 1. The van der Waals surface area contributed by atoms with Gasteiger partial charge in [0.05, 0.1) is 25.6 Å². The van der Waals surface area contributed by atoms with Crippen molar-refractivity contribution < 1.29 is 48.9 Å². The first kappa shape index (κ1) is 46.4. The van der Waals surface area contributed by atoms with E-state index in [1.165, 1.54) is 19.4 Å². The fourth-order valence-corrected chi connectivity index (χ4v) is 5.12. The minimum Gasteiger partial charge on any atom is -0.480 e. The number of H-pyrrole nitrogens is 1. The lowest BCUT2D eigenvalue weighted by Crippen LogP contribution is -2.60. The van der Waals surface area contributed by atoms with Gasteiger partial charge in [0.1, 0.15) is 36.3 Å². The Kier molecular flexibility index (Phi) is 19.8. The Bertz CT molecular complexity index is 1640. The number of hydrogen-bond donors (Lipinski definition) is 14. The van der Waals surface area contributed by atoms with Gasteiger partial charge in [-0.1, -0.05) is 30.3 Å². The van der Waals surface area contributed by atoms with Gasteiger partial charge in [-0.15, -0.1) is 0 Å². The lowest BCUT2D eigenvalue weighted by molar-refractivity contribution is -0.141. The number of aliphatic hydroxyl groups excluding tert-OH is 2. The molecule has 22 nitrogen and oxygen atoms in total. The molecule has 0 saturated heterocycles. The van der Waals surface area contributed by atoms with E-state index in [0.717, 1.165) is 0 Å². The first-order valence-electron chi connectivity index (χ1n) is 17.3. The number of aliphatic imine (C=N–C) groups is 1. The van der Waals surface area contributed by atoms with Crippen molar-refractivity contribution in [1.29, 1.82) is 0 Å². The number of imidazole rings is 1. The van der Waals surface area contributed by atoms with Gasteiger partial charge in [0, 0.05) is 37.0 Å². The average Bonchev–Trinajstić information content (AvgIpc) is 3.68. The van der Waals surface area contributed by atoms with Crippen LogP contribution in [0.15, 0.2) is 47.8 Å². The largest absolute Gasteiger partial charge is 0.480 e. The van der Waals surface area contributed by atoms with Gasteiger partial charge in [0.25, 0.3) is 0 Å². The van der Waals surface area contributed by atoms with E-state index in [9.17, 15) is 48.9 Å². The van der Waals surface area contributed by atoms with Gasteiger partial charge in [-0.2, -0.15) is 12.6 Å². The number of carbonyl (C=O) groups excluding carboxylic acids is 6. The maximum absolute atomic E-state index is 13.9. The molecule has 2 aromatic rings. The molecule has 0 fully saturated rings. The first-order chi connectivity index (χ1) is 26.6. The monoisotopic (exact) mass is 806 g/mol. The molecule has 0 unspecified atom stereocenters. The lowest BCUT2D eigenvalue weighted by atomic mass is 10.0. The van der Waals surface area contributed by atoms with Gasteiger partial charge < -0.3 is 69.4 Å². The molecule has 7 atom stereocenters. The predicted molar refractivity (Wildman–Crippen MR) is 203 cm³/mol. The highest BCUT2D eigenvalue weighted by Crippen LogP contribution is 2.08. The highest BCUT2D eigenvalue weighted by molar-refractivity contribution is 7.80. The number of carboxylic acids is 1. The minimum absolute atomic E-state index is 0.0510. The van der Waals surface area contributed by atoms with Gasteiger partial charge in [0.2, 0.25) is 35.4 Å². The predicted octanol–water partition coefficient (Wildman–Crippen LogP) is -5.50. The van der Waals surface area contributed by atoms with E-state index < -0.39 is 96.9 Å². The zero-order valence-electron chi connectivity index (χ0n) is 30.5. The lowest BCUT2D eigenvalue weighted by Gasteiger charge is -2.26. The molecular weight excluding hydrogens is 757 g/mol. The minimum atomic E-state index is -1.58. The van der Waals surface area contributed by atoms with Crippen molar-refractivity contribution in [2.24, 2.45) is 22.2 Å². The summed E-state index contributed by atoms with van der Waals surface area (Å²) in [5.41, 5.74) is 17.5. The molecule has 0 aliphatic rings. The molecule has 0 radical (unpaired) electrons. The molecule has 23 heteroatoms. The van der Waals surface area contributed by atoms with Crippen LogP contribution in [0.5, 0.6) is 0 Å². The summed E-state index contributed by atoms with van der Waals surface area (Å²) in [6, 6.07) is 0.0630. The van der Waals surface area contributed by atoms with E-state index in [4.69, 9.17) is 17.2 Å². The number of aromatic amines is 1. The second-order valence-electron chi connectivity index (χ2n) is 12.5. The van der Waals surface area contributed by atoms with Crippen molar-refractivity contribution in [2.45, 2.75) is 75.0 Å². The van der Waals surface area contributed by atoms with Crippen molar-refractivity contribution in [2.75, 3.05) is 25.4 Å². The highest BCUT2D eigenvalue weighted by Gasteiger charge is 2.33. The molecule has 1 heterocycles. The quantitative estimate of drug-likeness (QED) is 0.0204. The van der Waals surface area contributed by atoms with Gasteiger partial charge >= 0.3 is 5.97 Å². The van der Waals surface area contributed by atoms with Crippen LogP contribution in [0.25, 0.3) is 0 Å². The van der Waals surface area contributed by atoms with Crippen LogP contribution in [0.2, 0.25) is 0 Å². The van der Waals surface area contributed by atoms with Crippen LogP contribution in [0.4, 0.5) is 0 Å². The highest BCUT2D eigenvalue weighted by atomic mass is 32.1. The zero-order valence-corrected chi connectivity index (χ0v) is 31.4. The van der Waals surface area contributed by atoms with E-state index in [0.29, 0.717) is 11.3 Å². The number of hydrogen-bond acceptors (Lipinski definition) is 13. The number of guanidine groups is 1. The maximum atomic E-state index is 13.9. The number of amides is 6. The number of benzene rings is 1. The van der Waals surface area contributed by atoms with E-state index >= 15 is 0 Å². The van der Waals surface area contributed by atoms with Crippen LogP contribution in [-0.4, -0.2) is 140 Å². The first-order valence-corrected chi connectivity index (χ1v) is 17.9. The topological polar surface area (TPSA) is 371 Å². The van der Waals surface area contributed by atoms with Crippen molar-refractivity contribution in [3.05, 3.63) is 54.1 Å². The Labute approximate surface area is 327 Å². The molecule has 16 N–H and O–H groups in total. The van der Waals surface area contributed by atoms with Crippen LogP contribution < -0.4 is 49.1 Å². The SMILES string of the molecule is C[C@@H](O)[C@H](N)C(=O)N[C@@H](CO)C(=O)N[C@@H](Cc1ccccc1)C(=O)N[C@@H](CCCN=C(N)N)C(=O)N[C@@H](Cc1cnc[nH]1)C(=O)NCC(=O)N[C@@H](CS)C(=O)O. The third kappa shape index (κ3) is 16.3. The smallest absolute Gasteiger partial charge is 0.327 e. The zero-order chi connectivity index (χ0) is 41.8. The van der Waals surface area contributed by atoms with Crippen molar-refractivity contribution >= 4 is 60.0 Å². The second kappa shape index (κ2) is 23.9. The molecule has 0 bridgehead atoms. The van der Waals surface area contributed by atoms with Gasteiger partial charge in [-0.25, -0.2) is 9.78 Å². The number of carbonyl (C=O) groups is 7. The van der Waals surface area contributed by atoms with E-state index in [-0.39, 0.29) is 43.9 Å². The summed E-state index contributed by atoms with van der Waals surface area (Å²) in [5.74, 6) is -7.08. The van der Waals surface area contributed by atoms with Crippen molar-refractivity contribution in [3.63, 3.8) is 0 Å². The molecule has 6 amide bonds. The fourth-order valence-electron chi connectivity index (χ4n) is 4.88. The molecule has 0 saturated carbocycles. The molecule has 56 heavy (non-hydrogen) atoms. The number of aromatic nitrogens is 2. The summed E-state index contributed by atoms with van der Waals surface area (Å²) >= 11 is 3.89. The van der Waals surface area contributed by atoms with Crippen LogP contribution in [0, 0.1) is 0 Å². The van der Waals surface area contributed by atoms with Crippen molar-refractivity contribution in [3.8, 4) is 0 Å². The van der Waals surface area contributed by atoms with Crippen LogP contribution in [0.3, 0.4) is 0 Å². The Morgan fingerprint density at radius 3 is 1.98 bits per heavy atom. The van der Waals surface area contributed by atoms with Crippen LogP contribution >= 0.6 is 12.6 Å². The molecule has 0 aliphatic heterocycles. The van der Waals surface area contributed by atoms with E-state index in [1.54, 1.807) is 30.3 Å². The van der Waals surface area contributed by atoms with Crippen LogP contribution in [-0.2, 0) is 46.4 Å². The summed E-state index contributed by atoms with van der Waals surface area (Å²) in [4.78, 5) is 101.